The summed E-state index contributed by atoms with van der Waals surface area (Å²) in [5.74, 6) is -1.04. The number of carbonyl (C=O) groups is 1. The van der Waals surface area contributed by atoms with Gasteiger partial charge in [-0.25, -0.2) is 0 Å². The van der Waals surface area contributed by atoms with E-state index in [1.165, 1.54) is 0 Å². The molecule has 104 valence electrons. The molecule has 4 heteroatoms. The maximum atomic E-state index is 11.4. The summed E-state index contributed by atoms with van der Waals surface area (Å²) in [6.45, 7) is 2.03. The number of aryl methyl sites for hydroxylation is 1. The predicted octanol–water partition coefficient (Wildman–Crippen LogP) is 3.90. The predicted molar refractivity (Wildman–Crippen MR) is 78.5 cm³/mol. The van der Waals surface area contributed by atoms with E-state index in [9.17, 15) is 9.90 Å². The first-order valence-electron chi connectivity index (χ1n) is 6.24. The smallest absolute Gasteiger partial charge is 0.314 e. The van der Waals surface area contributed by atoms with Gasteiger partial charge in [0.1, 0.15) is 18.3 Å². The van der Waals surface area contributed by atoms with Crippen molar-refractivity contribution in [3.8, 4) is 5.75 Å². The molecule has 1 N–H and O–H groups in total. The molecule has 0 amide bonds. The molecular formula is C16H15ClO3. The molecule has 0 saturated carbocycles. The molecule has 0 fully saturated rings. The highest BCUT2D eigenvalue weighted by atomic mass is 35.5. The van der Waals surface area contributed by atoms with Crippen LogP contribution in [-0.2, 0) is 4.79 Å². The Bertz CT molecular complexity index is 593. The van der Waals surface area contributed by atoms with Crippen molar-refractivity contribution < 1.29 is 14.6 Å². The fourth-order valence-electron chi connectivity index (χ4n) is 1.85. The van der Waals surface area contributed by atoms with Crippen LogP contribution in [0.25, 0.3) is 0 Å². The lowest BCUT2D eigenvalue weighted by Gasteiger charge is -2.14. The van der Waals surface area contributed by atoms with Gasteiger partial charge in [-0.1, -0.05) is 47.5 Å². The van der Waals surface area contributed by atoms with Crippen LogP contribution in [0.3, 0.4) is 0 Å². The van der Waals surface area contributed by atoms with E-state index >= 15 is 0 Å². The third kappa shape index (κ3) is 3.75. The molecule has 0 bridgehead atoms. The molecule has 1 atom stereocenters. The molecule has 2 rings (SSSR count). The molecule has 0 aliphatic carbocycles. The third-order valence-electron chi connectivity index (χ3n) is 2.99. The first-order chi connectivity index (χ1) is 9.56. The van der Waals surface area contributed by atoms with Crippen LogP contribution in [0.4, 0.5) is 0 Å². The molecule has 0 aliphatic heterocycles. The summed E-state index contributed by atoms with van der Waals surface area (Å²) in [4.78, 5) is 11.4. The number of aliphatic carboxylic acids is 1. The lowest BCUT2D eigenvalue weighted by atomic mass is 9.99. The van der Waals surface area contributed by atoms with Gasteiger partial charge < -0.3 is 9.84 Å². The monoisotopic (exact) mass is 290 g/mol. The zero-order chi connectivity index (χ0) is 14.5. The summed E-state index contributed by atoms with van der Waals surface area (Å²) < 4.78 is 5.53. The van der Waals surface area contributed by atoms with Crippen molar-refractivity contribution in [3.05, 3.63) is 64.7 Å². The van der Waals surface area contributed by atoms with Gasteiger partial charge in [0.15, 0.2) is 0 Å². The lowest BCUT2D eigenvalue weighted by molar-refractivity contribution is -0.139. The molecule has 0 aliphatic rings. The van der Waals surface area contributed by atoms with Gasteiger partial charge in [-0.15, -0.1) is 0 Å². The van der Waals surface area contributed by atoms with Crippen molar-refractivity contribution in [1.82, 2.24) is 0 Å². The quantitative estimate of drug-likeness (QED) is 0.908. The van der Waals surface area contributed by atoms with Crippen LogP contribution in [0, 0.1) is 6.92 Å². The second-order valence-corrected chi connectivity index (χ2v) is 5.01. The summed E-state index contributed by atoms with van der Waals surface area (Å²) in [6.07, 6.45) is 0. The number of carboxylic acids is 1. The number of halogens is 1. The maximum Gasteiger partial charge on any atom is 0.314 e. The molecule has 2 aromatic carbocycles. The van der Waals surface area contributed by atoms with E-state index in [0.29, 0.717) is 10.8 Å². The van der Waals surface area contributed by atoms with Crippen LogP contribution in [0.2, 0.25) is 5.02 Å². The highest BCUT2D eigenvalue weighted by Crippen LogP contribution is 2.21. The number of hydrogen-bond acceptors (Lipinski definition) is 2. The largest absolute Gasteiger partial charge is 0.492 e. The highest BCUT2D eigenvalue weighted by molar-refractivity contribution is 6.30. The summed E-state index contributed by atoms with van der Waals surface area (Å²) in [6, 6.07) is 14.3. The minimum absolute atomic E-state index is 0.0682. The van der Waals surface area contributed by atoms with E-state index in [0.717, 1.165) is 11.1 Å². The number of rotatable bonds is 5. The fraction of sp³-hybridized carbons (Fsp3) is 0.188. The van der Waals surface area contributed by atoms with E-state index in [4.69, 9.17) is 16.3 Å². The van der Waals surface area contributed by atoms with Crippen LogP contribution in [0.1, 0.15) is 17.0 Å². The minimum Gasteiger partial charge on any atom is -0.492 e. The molecule has 0 saturated heterocycles. The Kier molecular flexibility index (Phi) is 4.64. The molecule has 3 nitrogen and oxygen atoms in total. The van der Waals surface area contributed by atoms with E-state index < -0.39 is 11.9 Å². The second-order valence-electron chi connectivity index (χ2n) is 4.57. The second kappa shape index (κ2) is 6.44. The molecule has 1 unspecified atom stereocenters. The van der Waals surface area contributed by atoms with Crippen LogP contribution in [0.5, 0.6) is 5.75 Å². The van der Waals surface area contributed by atoms with Crippen molar-refractivity contribution in [1.29, 1.82) is 0 Å². The highest BCUT2D eigenvalue weighted by Gasteiger charge is 2.20. The molecule has 0 radical (unpaired) electrons. The standard InChI is InChI=1S/C16H15ClO3/c1-11-5-7-12(8-6-11)15(16(18)19)10-20-14-4-2-3-13(17)9-14/h2-9,15H,10H2,1H3,(H,18,19). The van der Waals surface area contributed by atoms with E-state index in [-0.39, 0.29) is 6.61 Å². The number of hydrogen-bond donors (Lipinski definition) is 1. The van der Waals surface area contributed by atoms with Gasteiger partial charge >= 0.3 is 5.97 Å². The number of ether oxygens (including phenoxy) is 1. The van der Waals surface area contributed by atoms with E-state index in [1.807, 2.05) is 31.2 Å². The van der Waals surface area contributed by atoms with Crippen molar-refractivity contribution in [2.75, 3.05) is 6.61 Å². The van der Waals surface area contributed by atoms with Gasteiger partial charge in [-0.3, -0.25) is 4.79 Å². The van der Waals surface area contributed by atoms with Gasteiger partial charge in [0, 0.05) is 5.02 Å². The molecule has 0 heterocycles. The van der Waals surface area contributed by atoms with Crippen molar-refractivity contribution >= 4 is 17.6 Å². The Labute approximate surface area is 122 Å². The molecule has 20 heavy (non-hydrogen) atoms. The Balaban J connectivity index is 2.10. The Morgan fingerprint density at radius 1 is 1.25 bits per heavy atom. The van der Waals surface area contributed by atoms with Crippen LogP contribution in [0.15, 0.2) is 48.5 Å². The zero-order valence-corrected chi connectivity index (χ0v) is 11.8. The summed E-state index contributed by atoms with van der Waals surface area (Å²) in [5.41, 5.74) is 1.82. The molecular weight excluding hydrogens is 276 g/mol. The Hall–Kier alpha value is -2.00. The summed E-state index contributed by atoms with van der Waals surface area (Å²) in [7, 11) is 0. The fourth-order valence-corrected chi connectivity index (χ4v) is 2.03. The van der Waals surface area contributed by atoms with Gasteiger partial charge in [0.05, 0.1) is 0 Å². The van der Waals surface area contributed by atoms with E-state index in [1.54, 1.807) is 24.3 Å². The van der Waals surface area contributed by atoms with Crippen LogP contribution < -0.4 is 4.74 Å². The number of carboxylic acid groups (broad SMARTS) is 1. The molecule has 2 aromatic rings. The summed E-state index contributed by atoms with van der Waals surface area (Å²) in [5, 5.41) is 9.88. The van der Waals surface area contributed by atoms with Gasteiger partial charge in [0.25, 0.3) is 0 Å². The Morgan fingerprint density at radius 2 is 1.95 bits per heavy atom. The average Bonchev–Trinajstić information content (AvgIpc) is 2.41. The normalized spacial score (nSPS) is 11.9. The lowest BCUT2D eigenvalue weighted by Crippen LogP contribution is -2.19. The summed E-state index contributed by atoms with van der Waals surface area (Å²) >= 11 is 5.86. The average molecular weight is 291 g/mol. The SMILES string of the molecule is Cc1ccc(C(COc2cccc(Cl)c2)C(=O)O)cc1. The third-order valence-corrected chi connectivity index (χ3v) is 3.23. The first kappa shape index (κ1) is 14.4. The Morgan fingerprint density at radius 3 is 2.55 bits per heavy atom. The molecule has 0 aromatic heterocycles. The minimum atomic E-state index is -0.907. The maximum absolute atomic E-state index is 11.4. The van der Waals surface area contributed by atoms with Gasteiger partial charge in [0.2, 0.25) is 0 Å². The van der Waals surface area contributed by atoms with E-state index in [2.05, 4.69) is 0 Å². The number of benzene rings is 2. The van der Waals surface area contributed by atoms with Crippen molar-refractivity contribution in [2.45, 2.75) is 12.8 Å². The van der Waals surface area contributed by atoms with Crippen molar-refractivity contribution in [2.24, 2.45) is 0 Å². The van der Waals surface area contributed by atoms with Crippen LogP contribution in [-0.4, -0.2) is 17.7 Å². The first-order valence-corrected chi connectivity index (χ1v) is 6.62. The van der Waals surface area contributed by atoms with Gasteiger partial charge in [-0.05, 0) is 30.7 Å². The van der Waals surface area contributed by atoms with Crippen LogP contribution >= 0.6 is 11.6 Å². The topological polar surface area (TPSA) is 46.5 Å². The van der Waals surface area contributed by atoms with Gasteiger partial charge in [-0.2, -0.15) is 0 Å². The molecule has 0 spiro atoms. The zero-order valence-electron chi connectivity index (χ0n) is 11.0. The van der Waals surface area contributed by atoms with Crippen molar-refractivity contribution in [3.63, 3.8) is 0 Å².